The molecule has 0 aliphatic rings. The predicted octanol–water partition coefficient (Wildman–Crippen LogP) is 5.34. The molecule has 7 heteroatoms. The fourth-order valence-electron chi connectivity index (χ4n) is 2.83. The zero-order valence-corrected chi connectivity index (χ0v) is 16.1. The largest absolute Gasteiger partial charge is 0.399 e. The van der Waals surface area contributed by atoms with E-state index in [9.17, 15) is 8.78 Å². The van der Waals surface area contributed by atoms with E-state index in [1.165, 1.54) is 12.1 Å². The molecule has 1 aromatic carbocycles. The monoisotopic (exact) mass is 382 g/mol. The van der Waals surface area contributed by atoms with Gasteiger partial charge < -0.3 is 11.1 Å². The molecule has 0 aliphatic carbocycles. The second kappa shape index (κ2) is 8.62. The maximum absolute atomic E-state index is 13.6. The Morgan fingerprint density at radius 1 is 1.19 bits per heavy atom. The summed E-state index contributed by atoms with van der Waals surface area (Å²) in [5, 5.41) is 3.39. The average Bonchev–Trinajstić information content (AvgIpc) is 2.56. The number of rotatable bonds is 8. The molecular weight excluding hydrogens is 358 g/mol. The Labute approximate surface area is 158 Å². The summed E-state index contributed by atoms with van der Waals surface area (Å²) in [6.45, 7) is 5.33. The van der Waals surface area contributed by atoms with Crippen molar-refractivity contribution in [2.45, 2.75) is 58.9 Å². The number of anilines is 2. The van der Waals surface area contributed by atoms with Crippen LogP contribution < -0.4 is 11.1 Å². The molecule has 0 bridgehead atoms. The van der Waals surface area contributed by atoms with E-state index in [0.29, 0.717) is 23.6 Å². The van der Waals surface area contributed by atoms with Crippen LogP contribution in [-0.2, 0) is 25.3 Å². The highest BCUT2D eigenvalue weighted by Crippen LogP contribution is 2.30. The molecule has 0 saturated heterocycles. The normalized spacial score (nSPS) is 11.6. The SMILES string of the molecule is CCCCc1nc(Cl)nc(NCc2cc(N)cc(C(C)(F)F)c2)c1CC. The summed E-state index contributed by atoms with van der Waals surface area (Å²) in [4.78, 5) is 8.64. The van der Waals surface area contributed by atoms with Crippen molar-refractivity contribution in [2.75, 3.05) is 11.1 Å². The molecule has 0 amide bonds. The van der Waals surface area contributed by atoms with Crippen LogP contribution >= 0.6 is 11.6 Å². The molecule has 1 heterocycles. The summed E-state index contributed by atoms with van der Waals surface area (Å²) >= 11 is 6.07. The maximum atomic E-state index is 13.6. The summed E-state index contributed by atoms with van der Waals surface area (Å²) in [5.41, 5.74) is 8.58. The number of halogens is 3. The summed E-state index contributed by atoms with van der Waals surface area (Å²) in [7, 11) is 0. The molecule has 2 rings (SSSR count). The van der Waals surface area contributed by atoms with Crippen molar-refractivity contribution in [1.29, 1.82) is 0 Å². The molecule has 2 aromatic rings. The lowest BCUT2D eigenvalue weighted by molar-refractivity contribution is 0.0174. The van der Waals surface area contributed by atoms with Crippen LogP contribution in [0.5, 0.6) is 0 Å². The number of hydrogen-bond acceptors (Lipinski definition) is 4. The van der Waals surface area contributed by atoms with E-state index in [4.69, 9.17) is 17.3 Å². The number of alkyl halides is 2. The maximum Gasteiger partial charge on any atom is 0.270 e. The van der Waals surface area contributed by atoms with Gasteiger partial charge in [-0.2, -0.15) is 0 Å². The third-order valence-electron chi connectivity index (χ3n) is 4.17. The first kappa shape index (κ1) is 20.4. The lowest BCUT2D eigenvalue weighted by Gasteiger charge is -2.16. The Morgan fingerprint density at radius 3 is 2.54 bits per heavy atom. The Kier molecular flexibility index (Phi) is 6.75. The van der Waals surface area contributed by atoms with Crippen LogP contribution in [0.2, 0.25) is 5.28 Å². The van der Waals surface area contributed by atoms with Crippen LogP contribution in [0.3, 0.4) is 0 Å². The summed E-state index contributed by atoms with van der Waals surface area (Å²) in [6, 6.07) is 4.43. The van der Waals surface area contributed by atoms with E-state index in [-0.39, 0.29) is 10.8 Å². The molecule has 0 unspecified atom stereocenters. The van der Waals surface area contributed by atoms with Gasteiger partial charge in [0.1, 0.15) is 5.82 Å². The van der Waals surface area contributed by atoms with Gasteiger partial charge in [0.2, 0.25) is 5.28 Å². The molecule has 0 aliphatic heterocycles. The van der Waals surface area contributed by atoms with Crippen LogP contribution in [0.1, 0.15) is 56.0 Å². The van der Waals surface area contributed by atoms with Crippen LogP contribution in [0, 0.1) is 0 Å². The molecule has 0 atom stereocenters. The van der Waals surface area contributed by atoms with Gasteiger partial charge in [-0.15, -0.1) is 0 Å². The van der Waals surface area contributed by atoms with E-state index in [2.05, 4.69) is 22.2 Å². The predicted molar refractivity (Wildman–Crippen MR) is 103 cm³/mol. The lowest BCUT2D eigenvalue weighted by atomic mass is 10.0. The van der Waals surface area contributed by atoms with E-state index >= 15 is 0 Å². The first-order valence-corrected chi connectivity index (χ1v) is 9.19. The van der Waals surface area contributed by atoms with Crippen molar-refractivity contribution < 1.29 is 8.78 Å². The molecule has 4 nitrogen and oxygen atoms in total. The highest BCUT2D eigenvalue weighted by Gasteiger charge is 2.25. The van der Waals surface area contributed by atoms with E-state index in [0.717, 1.165) is 43.9 Å². The first-order chi connectivity index (χ1) is 12.2. The minimum atomic E-state index is -2.94. The molecule has 0 saturated carbocycles. The molecule has 26 heavy (non-hydrogen) atoms. The number of nitrogens with two attached hydrogens (primary N) is 1. The number of nitrogen functional groups attached to an aromatic ring is 1. The molecule has 0 fully saturated rings. The van der Waals surface area contributed by atoms with E-state index in [1.54, 1.807) is 6.07 Å². The zero-order valence-electron chi connectivity index (χ0n) is 15.4. The number of aryl methyl sites for hydroxylation is 1. The van der Waals surface area contributed by atoms with Crippen LogP contribution in [0.25, 0.3) is 0 Å². The molecular formula is C19H25ClF2N4. The van der Waals surface area contributed by atoms with Crippen molar-refractivity contribution in [2.24, 2.45) is 0 Å². The Balaban J connectivity index is 2.27. The number of aromatic nitrogens is 2. The highest BCUT2D eigenvalue weighted by atomic mass is 35.5. The summed E-state index contributed by atoms with van der Waals surface area (Å²) < 4.78 is 27.2. The van der Waals surface area contributed by atoms with Gasteiger partial charge in [-0.1, -0.05) is 20.3 Å². The number of nitrogens with zero attached hydrogens (tertiary/aromatic N) is 2. The first-order valence-electron chi connectivity index (χ1n) is 8.81. The minimum absolute atomic E-state index is 0.102. The van der Waals surface area contributed by atoms with Crippen LogP contribution in [0.15, 0.2) is 18.2 Å². The third kappa shape index (κ3) is 5.27. The second-order valence-corrected chi connectivity index (χ2v) is 6.77. The average molecular weight is 383 g/mol. The molecule has 1 aromatic heterocycles. The van der Waals surface area contributed by atoms with Gasteiger partial charge in [0, 0.05) is 30.3 Å². The topological polar surface area (TPSA) is 63.8 Å². The second-order valence-electron chi connectivity index (χ2n) is 6.43. The highest BCUT2D eigenvalue weighted by molar-refractivity contribution is 6.28. The third-order valence-corrected chi connectivity index (χ3v) is 4.34. The molecule has 0 radical (unpaired) electrons. The smallest absolute Gasteiger partial charge is 0.270 e. The minimum Gasteiger partial charge on any atom is -0.399 e. The number of benzene rings is 1. The van der Waals surface area contributed by atoms with Crippen molar-refractivity contribution in [3.8, 4) is 0 Å². The fourth-order valence-corrected chi connectivity index (χ4v) is 3.02. The zero-order chi connectivity index (χ0) is 19.3. The number of unbranched alkanes of at least 4 members (excludes halogenated alkanes) is 1. The van der Waals surface area contributed by atoms with Crippen LogP contribution in [0.4, 0.5) is 20.3 Å². The van der Waals surface area contributed by atoms with Crippen molar-refractivity contribution >= 4 is 23.1 Å². The van der Waals surface area contributed by atoms with E-state index < -0.39 is 5.92 Å². The number of nitrogens with one attached hydrogen (secondary N) is 1. The summed E-state index contributed by atoms with van der Waals surface area (Å²) in [5.74, 6) is -2.30. The Morgan fingerprint density at radius 2 is 1.92 bits per heavy atom. The standard InChI is InChI=1S/C19H25ClF2N4/c1-4-6-7-16-15(5-2)17(26-18(20)25-16)24-11-12-8-13(19(3,21)22)10-14(23)9-12/h8-10H,4-7,11,23H2,1-3H3,(H,24,25,26). The molecule has 0 spiro atoms. The van der Waals surface area contributed by atoms with E-state index in [1.807, 2.05) is 6.92 Å². The van der Waals surface area contributed by atoms with Gasteiger partial charge in [-0.25, -0.2) is 18.7 Å². The fraction of sp³-hybridized carbons (Fsp3) is 0.474. The van der Waals surface area contributed by atoms with Gasteiger partial charge >= 0.3 is 0 Å². The lowest BCUT2D eigenvalue weighted by Crippen LogP contribution is -2.12. The van der Waals surface area contributed by atoms with Crippen molar-refractivity contribution in [3.63, 3.8) is 0 Å². The van der Waals surface area contributed by atoms with Crippen molar-refractivity contribution in [3.05, 3.63) is 45.9 Å². The summed E-state index contributed by atoms with van der Waals surface area (Å²) in [6.07, 6.45) is 3.67. The Hall–Kier alpha value is -1.95. The van der Waals surface area contributed by atoms with Gasteiger partial charge in [0.15, 0.2) is 0 Å². The molecule has 142 valence electrons. The Bertz CT molecular complexity index is 760. The van der Waals surface area contributed by atoms with Gasteiger partial charge in [-0.3, -0.25) is 0 Å². The van der Waals surface area contributed by atoms with Crippen molar-refractivity contribution in [1.82, 2.24) is 9.97 Å². The van der Waals surface area contributed by atoms with Gasteiger partial charge in [-0.05, 0) is 54.6 Å². The number of hydrogen-bond donors (Lipinski definition) is 2. The van der Waals surface area contributed by atoms with Crippen LogP contribution in [-0.4, -0.2) is 9.97 Å². The quantitative estimate of drug-likeness (QED) is 0.477. The van der Waals surface area contributed by atoms with Gasteiger partial charge in [0.05, 0.1) is 5.69 Å². The van der Waals surface area contributed by atoms with Gasteiger partial charge in [0.25, 0.3) is 5.92 Å². The molecule has 3 N–H and O–H groups in total.